The van der Waals surface area contributed by atoms with Gasteiger partial charge in [-0.25, -0.2) is 4.79 Å². The minimum absolute atomic E-state index is 0.117. The molecular formula is C12H16BrN3O3. The summed E-state index contributed by atoms with van der Waals surface area (Å²) in [4.78, 5) is 23.3. The zero-order valence-electron chi connectivity index (χ0n) is 10.4. The summed E-state index contributed by atoms with van der Waals surface area (Å²) in [5.41, 5.74) is 0. The summed E-state index contributed by atoms with van der Waals surface area (Å²) in [6.45, 7) is 0.963. The van der Waals surface area contributed by atoms with Crippen LogP contribution in [0, 0.1) is 0 Å². The van der Waals surface area contributed by atoms with Crippen molar-refractivity contribution >= 4 is 27.9 Å². The fourth-order valence-corrected chi connectivity index (χ4v) is 2.24. The average Bonchev–Trinajstić information content (AvgIpc) is 2.69. The van der Waals surface area contributed by atoms with Gasteiger partial charge >= 0.3 is 6.03 Å². The second-order valence-corrected chi connectivity index (χ2v) is 5.15. The summed E-state index contributed by atoms with van der Waals surface area (Å²) < 4.78 is 5.88. The zero-order chi connectivity index (χ0) is 13.7. The van der Waals surface area contributed by atoms with Crippen LogP contribution in [-0.4, -0.2) is 24.5 Å². The largest absolute Gasteiger partial charge is 0.452 e. The summed E-state index contributed by atoms with van der Waals surface area (Å²) in [7, 11) is 0. The third-order valence-corrected chi connectivity index (χ3v) is 3.32. The quantitative estimate of drug-likeness (QED) is 0.786. The fourth-order valence-electron chi connectivity index (χ4n) is 1.90. The molecule has 0 aromatic carbocycles. The maximum absolute atomic E-state index is 11.7. The van der Waals surface area contributed by atoms with E-state index in [9.17, 15) is 9.59 Å². The van der Waals surface area contributed by atoms with Gasteiger partial charge < -0.3 is 20.4 Å². The van der Waals surface area contributed by atoms with Crippen LogP contribution >= 0.6 is 15.9 Å². The molecule has 104 valence electrons. The van der Waals surface area contributed by atoms with E-state index in [0.29, 0.717) is 23.4 Å². The van der Waals surface area contributed by atoms with E-state index < -0.39 is 6.04 Å². The van der Waals surface area contributed by atoms with Gasteiger partial charge in [-0.2, -0.15) is 0 Å². The van der Waals surface area contributed by atoms with E-state index in [-0.39, 0.29) is 18.5 Å². The Hall–Kier alpha value is -1.50. The number of furan rings is 1. The van der Waals surface area contributed by atoms with E-state index >= 15 is 0 Å². The Labute approximate surface area is 119 Å². The molecule has 2 rings (SSSR count). The van der Waals surface area contributed by atoms with Crippen molar-refractivity contribution < 1.29 is 14.0 Å². The van der Waals surface area contributed by atoms with Crippen molar-refractivity contribution in [3.05, 3.63) is 22.6 Å². The Morgan fingerprint density at radius 1 is 1.47 bits per heavy atom. The first kappa shape index (κ1) is 13.9. The number of carbonyl (C=O) groups excluding carboxylic acids is 2. The van der Waals surface area contributed by atoms with Crippen LogP contribution in [0.2, 0.25) is 0 Å². The number of hydrogen-bond acceptors (Lipinski definition) is 3. The van der Waals surface area contributed by atoms with Crippen LogP contribution < -0.4 is 16.0 Å². The molecule has 1 fully saturated rings. The molecule has 1 atom stereocenters. The van der Waals surface area contributed by atoms with Crippen molar-refractivity contribution in [2.45, 2.75) is 31.8 Å². The van der Waals surface area contributed by atoms with E-state index in [1.54, 1.807) is 12.1 Å². The third-order valence-electron chi connectivity index (χ3n) is 2.89. The molecule has 0 aliphatic carbocycles. The van der Waals surface area contributed by atoms with E-state index in [1.807, 2.05) is 0 Å². The molecule has 2 heterocycles. The molecule has 3 amide bonds. The van der Waals surface area contributed by atoms with Gasteiger partial charge in [-0.1, -0.05) is 0 Å². The number of rotatable bonds is 3. The van der Waals surface area contributed by atoms with Gasteiger partial charge in [0.25, 0.3) is 0 Å². The van der Waals surface area contributed by atoms with Crippen LogP contribution in [0.3, 0.4) is 0 Å². The van der Waals surface area contributed by atoms with Gasteiger partial charge in [-0.3, -0.25) is 4.79 Å². The van der Waals surface area contributed by atoms with Crippen molar-refractivity contribution in [2.24, 2.45) is 0 Å². The highest BCUT2D eigenvalue weighted by molar-refractivity contribution is 9.10. The van der Waals surface area contributed by atoms with Gasteiger partial charge in [-0.15, -0.1) is 0 Å². The molecule has 1 aromatic heterocycles. The van der Waals surface area contributed by atoms with Gasteiger partial charge in [-0.05, 0) is 47.3 Å². The normalized spacial score (nSPS) is 19.4. The Kier molecular flexibility index (Phi) is 4.84. The molecular weight excluding hydrogens is 314 g/mol. The molecule has 6 nitrogen and oxygen atoms in total. The van der Waals surface area contributed by atoms with E-state index in [4.69, 9.17) is 4.42 Å². The molecule has 1 aromatic rings. The first-order chi connectivity index (χ1) is 9.15. The molecule has 1 aliphatic heterocycles. The molecule has 0 spiro atoms. The summed E-state index contributed by atoms with van der Waals surface area (Å²) in [6, 6.07) is 2.71. The van der Waals surface area contributed by atoms with E-state index in [1.165, 1.54) is 0 Å². The van der Waals surface area contributed by atoms with E-state index in [2.05, 4.69) is 31.9 Å². The summed E-state index contributed by atoms with van der Waals surface area (Å²) in [6.07, 6.45) is 2.55. The molecule has 19 heavy (non-hydrogen) atoms. The van der Waals surface area contributed by atoms with Crippen LogP contribution in [0.25, 0.3) is 0 Å². The summed E-state index contributed by atoms with van der Waals surface area (Å²) in [5, 5.41) is 8.10. The topological polar surface area (TPSA) is 83.4 Å². The lowest BCUT2D eigenvalue weighted by molar-refractivity contribution is -0.122. The standard InChI is InChI=1S/C12H16BrN3O3/c13-10-5-4-8(19-10)7-15-12(18)16-9-3-1-2-6-14-11(9)17/h4-5,9H,1-3,6-7H2,(H,14,17)(H2,15,16,18)/t9-/m0/s1. The predicted molar refractivity (Wildman–Crippen MR) is 72.4 cm³/mol. The maximum atomic E-state index is 11.7. The molecule has 1 saturated heterocycles. The van der Waals surface area contributed by atoms with Gasteiger partial charge in [0.05, 0.1) is 6.54 Å². The first-order valence-electron chi connectivity index (χ1n) is 6.21. The highest BCUT2D eigenvalue weighted by atomic mass is 79.9. The smallest absolute Gasteiger partial charge is 0.315 e. The number of amides is 3. The lowest BCUT2D eigenvalue weighted by Gasteiger charge is -2.15. The minimum Gasteiger partial charge on any atom is -0.452 e. The second kappa shape index (κ2) is 6.60. The van der Waals surface area contributed by atoms with Crippen molar-refractivity contribution in [1.29, 1.82) is 0 Å². The Balaban J connectivity index is 1.78. The van der Waals surface area contributed by atoms with Crippen molar-refractivity contribution in [3.8, 4) is 0 Å². The Morgan fingerprint density at radius 2 is 2.32 bits per heavy atom. The summed E-state index contributed by atoms with van der Waals surface area (Å²) in [5.74, 6) is 0.528. The number of halogens is 1. The zero-order valence-corrected chi connectivity index (χ0v) is 12.0. The van der Waals surface area contributed by atoms with Gasteiger partial charge in [0.1, 0.15) is 11.8 Å². The SMILES string of the molecule is O=C(NCc1ccc(Br)o1)N[C@H]1CCCCNC1=O. The van der Waals surface area contributed by atoms with E-state index in [0.717, 1.165) is 12.8 Å². The molecule has 3 N–H and O–H groups in total. The molecule has 0 saturated carbocycles. The fraction of sp³-hybridized carbons (Fsp3) is 0.500. The highest BCUT2D eigenvalue weighted by Gasteiger charge is 2.22. The number of carbonyl (C=O) groups is 2. The second-order valence-electron chi connectivity index (χ2n) is 4.37. The highest BCUT2D eigenvalue weighted by Crippen LogP contribution is 2.13. The maximum Gasteiger partial charge on any atom is 0.315 e. The summed E-state index contributed by atoms with van der Waals surface area (Å²) >= 11 is 3.19. The van der Waals surface area contributed by atoms with Crippen LogP contribution in [-0.2, 0) is 11.3 Å². The van der Waals surface area contributed by atoms with Gasteiger partial charge in [0, 0.05) is 6.54 Å². The molecule has 0 bridgehead atoms. The van der Waals surface area contributed by atoms with Crippen molar-refractivity contribution in [1.82, 2.24) is 16.0 Å². The minimum atomic E-state index is -0.453. The monoisotopic (exact) mass is 329 g/mol. The Morgan fingerprint density at radius 3 is 3.05 bits per heavy atom. The lowest BCUT2D eigenvalue weighted by atomic mass is 10.1. The number of urea groups is 1. The Bertz CT molecular complexity index is 461. The van der Waals surface area contributed by atoms with Crippen LogP contribution in [0.5, 0.6) is 0 Å². The number of nitrogens with one attached hydrogen (secondary N) is 3. The number of hydrogen-bond donors (Lipinski definition) is 3. The molecule has 7 heteroatoms. The van der Waals surface area contributed by atoms with Gasteiger partial charge in [0.2, 0.25) is 5.91 Å². The molecule has 0 unspecified atom stereocenters. The van der Waals surface area contributed by atoms with Crippen molar-refractivity contribution in [2.75, 3.05) is 6.54 Å². The van der Waals surface area contributed by atoms with Crippen LogP contribution in [0.1, 0.15) is 25.0 Å². The lowest BCUT2D eigenvalue weighted by Crippen LogP contribution is -2.48. The van der Waals surface area contributed by atoms with Crippen LogP contribution in [0.15, 0.2) is 21.2 Å². The first-order valence-corrected chi connectivity index (χ1v) is 7.01. The van der Waals surface area contributed by atoms with Crippen molar-refractivity contribution in [3.63, 3.8) is 0 Å². The average molecular weight is 330 g/mol. The predicted octanol–water partition coefficient (Wildman–Crippen LogP) is 1.51. The van der Waals surface area contributed by atoms with Crippen LogP contribution in [0.4, 0.5) is 4.79 Å². The third kappa shape index (κ3) is 4.27. The molecule has 0 radical (unpaired) electrons. The molecule has 1 aliphatic rings. The van der Waals surface area contributed by atoms with Gasteiger partial charge in [0.15, 0.2) is 4.67 Å².